The van der Waals surface area contributed by atoms with Gasteiger partial charge >= 0.3 is 5.97 Å². The van der Waals surface area contributed by atoms with Crippen molar-refractivity contribution in [1.29, 1.82) is 0 Å². The number of carbonyl (C=O) groups excluding carboxylic acids is 2. The molecule has 2 heterocycles. The number of sulfonamides is 1. The third-order valence-electron chi connectivity index (χ3n) is 5.53. The Hall–Kier alpha value is -3.16. The third-order valence-corrected chi connectivity index (χ3v) is 7.85. The average Bonchev–Trinajstić information content (AvgIpc) is 2.77. The van der Waals surface area contributed by atoms with Gasteiger partial charge in [-0.15, -0.1) is 0 Å². The topological polar surface area (TPSA) is 153 Å². The van der Waals surface area contributed by atoms with Crippen molar-refractivity contribution < 1.29 is 27.7 Å². The van der Waals surface area contributed by atoms with E-state index < -0.39 is 44.7 Å². The molecule has 3 rings (SSSR count). The third kappa shape index (κ3) is 5.47. The molecule has 1 saturated heterocycles. The van der Waals surface area contributed by atoms with Crippen LogP contribution in [0.2, 0.25) is 5.02 Å². The van der Waals surface area contributed by atoms with Crippen molar-refractivity contribution in [2.24, 2.45) is 0 Å². The van der Waals surface area contributed by atoms with E-state index in [0.29, 0.717) is 11.5 Å². The van der Waals surface area contributed by atoms with Gasteiger partial charge in [0.05, 0.1) is 21.6 Å². The van der Waals surface area contributed by atoms with Gasteiger partial charge in [0.1, 0.15) is 22.1 Å². The maximum absolute atomic E-state index is 13.4. The van der Waals surface area contributed by atoms with E-state index >= 15 is 0 Å². The zero-order valence-electron chi connectivity index (χ0n) is 20.4. The second-order valence-corrected chi connectivity index (χ2v) is 10.9. The van der Waals surface area contributed by atoms with Crippen molar-refractivity contribution >= 4 is 39.2 Å². The van der Waals surface area contributed by atoms with Crippen molar-refractivity contribution in [1.82, 2.24) is 19.2 Å². The van der Waals surface area contributed by atoms with Crippen LogP contribution < -0.4 is 0 Å². The number of piperazine rings is 1. The minimum Gasteiger partial charge on any atom is -0.459 e. The zero-order valence-corrected chi connectivity index (χ0v) is 22.0. The van der Waals surface area contributed by atoms with Crippen LogP contribution >= 0.6 is 11.6 Å². The molecule has 0 saturated carbocycles. The maximum Gasteiger partial charge on any atom is 0.342 e. The lowest BCUT2D eigenvalue weighted by Crippen LogP contribution is -2.55. The van der Waals surface area contributed by atoms with Gasteiger partial charge in [0.25, 0.3) is 11.6 Å². The molecule has 1 aliphatic rings. The molecular weight excluding hydrogens is 514 g/mol. The van der Waals surface area contributed by atoms with Gasteiger partial charge in [-0.05, 0) is 46.8 Å². The highest BCUT2D eigenvalue weighted by atomic mass is 35.5. The normalized spacial score (nSPS) is 16.8. The number of amides is 1. The van der Waals surface area contributed by atoms with Crippen LogP contribution in [-0.2, 0) is 14.8 Å². The lowest BCUT2D eigenvalue weighted by atomic mass is 10.1. The Labute approximate surface area is 213 Å². The number of nitro groups is 1. The molecule has 1 fully saturated rings. The van der Waals surface area contributed by atoms with Gasteiger partial charge in [0, 0.05) is 31.7 Å². The molecule has 1 aromatic heterocycles. The fraction of sp³-hybridized carbons (Fsp3) is 0.455. The number of hydrogen-bond acceptors (Lipinski definition) is 9. The Bertz CT molecular complexity index is 1330. The zero-order chi connectivity index (χ0) is 26.9. The van der Waals surface area contributed by atoms with Crippen LogP contribution in [0.15, 0.2) is 23.1 Å². The smallest absolute Gasteiger partial charge is 0.342 e. The number of esters is 1. The largest absolute Gasteiger partial charge is 0.459 e. The molecule has 0 bridgehead atoms. The highest BCUT2D eigenvalue weighted by Gasteiger charge is 2.38. The Morgan fingerprint density at radius 3 is 2.47 bits per heavy atom. The molecule has 0 radical (unpaired) electrons. The lowest BCUT2D eigenvalue weighted by molar-refractivity contribution is -0.384. The number of aryl methyl sites for hydroxylation is 2. The number of benzene rings is 1. The first-order valence-electron chi connectivity index (χ1n) is 11.0. The first kappa shape index (κ1) is 27.4. The summed E-state index contributed by atoms with van der Waals surface area (Å²) in [5.41, 5.74) is -0.359. The maximum atomic E-state index is 13.4. The summed E-state index contributed by atoms with van der Waals surface area (Å²) in [6, 6.07) is 2.61. The van der Waals surface area contributed by atoms with Crippen LogP contribution in [-0.4, -0.2) is 76.2 Å². The van der Waals surface area contributed by atoms with Crippen LogP contribution in [0.25, 0.3) is 0 Å². The SMILES string of the molecule is Cc1nc(C)c(C(=O)OC(C)C)c(C(=O)N2CCN(S(=O)(=O)c3ccc(Cl)c([N+](=O)[O-])c3)C(C)C2)n1. The van der Waals surface area contributed by atoms with E-state index in [2.05, 4.69) is 9.97 Å². The minimum absolute atomic E-state index is 0.00845. The van der Waals surface area contributed by atoms with Crippen LogP contribution in [0.4, 0.5) is 5.69 Å². The number of nitro benzene ring substituents is 1. The van der Waals surface area contributed by atoms with E-state index in [-0.39, 0.29) is 40.8 Å². The Kier molecular flexibility index (Phi) is 7.96. The van der Waals surface area contributed by atoms with Crippen molar-refractivity contribution in [3.63, 3.8) is 0 Å². The van der Waals surface area contributed by atoms with Crippen molar-refractivity contribution in [3.05, 3.63) is 56.1 Å². The summed E-state index contributed by atoms with van der Waals surface area (Å²) in [5.74, 6) is -0.967. The van der Waals surface area contributed by atoms with Crippen molar-refractivity contribution in [2.75, 3.05) is 19.6 Å². The summed E-state index contributed by atoms with van der Waals surface area (Å²) in [6.07, 6.45) is -0.418. The molecule has 2 aromatic rings. The van der Waals surface area contributed by atoms with E-state index in [1.165, 1.54) is 15.3 Å². The lowest BCUT2D eigenvalue weighted by Gasteiger charge is -2.38. The van der Waals surface area contributed by atoms with Crippen molar-refractivity contribution in [3.8, 4) is 0 Å². The number of halogens is 1. The molecule has 1 unspecified atom stereocenters. The fourth-order valence-corrected chi connectivity index (χ4v) is 5.77. The Morgan fingerprint density at radius 1 is 1.22 bits per heavy atom. The van der Waals surface area contributed by atoms with Crippen LogP contribution in [0.3, 0.4) is 0 Å². The molecule has 12 nitrogen and oxygen atoms in total. The summed E-state index contributed by atoms with van der Waals surface area (Å²) in [5, 5.41) is 11.0. The Balaban J connectivity index is 1.88. The molecule has 1 atom stereocenters. The molecule has 36 heavy (non-hydrogen) atoms. The number of aromatic nitrogens is 2. The predicted octanol–water partition coefficient (Wildman–Crippen LogP) is 2.76. The highest BCUT2D eigenvalue weighted by molar-refractivity contribution is 7.89. The highest BCUT2D eigenvalue weighted by Crippen LogP contribution is 2.30. The predicted molar refractivity (Wildman–Crippen MR) is 129 cm³/mol. The second-order valence-electron chi connectivity index (χ2n) is 8.62. The van der Waals surface area contributed by atoms with Crippen molar-refractivity contribution in [2.45, 2.75) is 51.7 Å². The van der Waals surface area contributed by atoms with Gasteiger partial charge in [-0.3, -0.25) is 14.9 Å². The number of ether oxygens (including phenoxy) is 1. The monoisotopic (exact) mass is 539 g/mol. The van der Waals surface area contributed by atoms with E-state index in [9.17, 15) is 28.1 Å². The molecular formula is C22H26ClN5O7S. The number of rotatable bonds is 6. The van der Waals surface area contributed by atoms with Crippen LogP contribution in [0.1, 0.15) is 53.1 Å². The van der Waals surface area contributed by atoms with Gasteiger partial charge in [0.15, 0.2) is 0 Å². The van der Waals surface area contributed by atoms with E-state index in [4.69, 9.17) is 16.3 Å². The van der Waals surface area contributed by atoms with Gasteiger partial charge in [-0.1, -0.05) is 11.6 Å². The fourth-order valence-electron chi connectivity index (χ4n) is 3.95. The van der Waals surface area contributed by atoms with Gasteiger partial charge in [0.2, 0.25) is 10.0 Å². The minimum atomic E-state index is -4.11. The summed E-state index contributed by atoms with van der Waals surface area (Å²) >= 11 is 5.82. The number of carbonyl (C=O) groups is 2. The molecule has 1 aromatic carbocycles. The summed E-state index contributed by atoms with van der Waals surface area (Å²) < 4.78 is 32.9. The molecule has 0 N–H and O–H groups in total. The van der Waals surface area contributed by atoms with Gasteiger partial charge < -0.3 is 9.64 Å². The summed E-state index contributed by atoms with van der Waals surface area (Å²) in [6.45, 7) is 8.11. The first-order chi connectivity index (χ1) is 16.7. The molecule has 1 amide bonds. The number of nitrogens with zero attached hydrogens (tertiary/aromatic N) is 5. The molecule has 14 heteroatoms. The standard InChI is InChI=1S/C22H26ClN5O7S/c1-12(2)35-22(30)19-14(4)24-15(5)25-20(19)21(29)26-8-9-27(13(3)11-26)36(33,34)16-6-7-17(23)18(10-16)28(31)32/h6-7,10,12-13H,8-9,11H2,1-5H3. The molecule has 194 valence electrons. The second kappa shape index (κ2) is 10.4. The number of hydrogen-bond donors (Lipinski definition) is 0. The van der Waals surface area contributed by atoms with Gasteiger partial charge in [-0.25, -0.2) is 23.2 Å². The van der Waals surface area contributed by atoms with Crippen LogP contribution in [0, 0.1) is 24.0 Å². The van der Waals surface area contributed by atoms with E-state index in [1.54, 1.807) is 34.6 Å². The van der Waals surface area contributed by atoms with Gasteiger partial charge in [-0.2, -0.15) is 4.31 Å². The quantitative estimate of drug-likeness (QED) is 0.306. The average molecular weight is 540 g/mol. The summed E-state index contributed by atoms with van der Waals surface area (Å²) in [7, 11) is -4.11. The van der Waals surface area contributed by atoms with Crippen LogP contribution in [0.5, 0.6) is 0 Å². The molecule has 0 aliphatic carbocycles. The van der Waals surface area contributed by atoms with E-state index in [0.717, 1.165) is 12.1 Å². The van der Waals surface area contributed by atoms with E-state index in [1.807, 2.05) is 0 Å². The molecule has 0 spiro atoms. The molecule has 1 aliphatic heterocycles. The summed E-state index contributed by atoms with van der Waals surface area (Å²) in [4.78, 5) is 46.1. The first-order valence-corrected chi connectivity index (χ1v) is 12.9. The Morgan fingerprint density at radius 2 is 1.89 bits per heavy atom.